The van der Waals surface area contributed by atoms with Gasteiger partial charge in [0.2, 0.25) is 0 Å². The SMILES string of the molecule is FC(F)(F)c1ccc(Oc2ccc([S+](c3ccccc3)c3ccccc3)cc2)cc1. The van der Waals surface area contributed by atoms with Gasteiger partial charge < -0.3 is 4.74 Å². The molecule has 150 valence electrons. The number of benzene rings is 4. The van der Waals surface area contributed by atoms with Crippen LogP contribution in [0.2, 0.25) is 0 Å². The molecule has 0 aliphatic heterocycles. The summed E-state index contributed by atoms with van der Waals surface area (Å²) in [6.45, 7) is 0. The van der Waals surface area contributed by atoms with E-state index in [0.29, 0.717) is 11.5 Å². The van der Waals surface area contributed by atoms with Crippen LogP contribution in [0, 0.1) is 0 Å². The van der Waals surface area contributed by atoms with Gasteiger partial charge in [-0.2, -0.15) is 13.2 Å². The molecule has 0 heterocycles. The highest BCUT2D eigenvalue weighted by Crippen LogP contribution is 2.34. The van der Waals surface area contributed by atoms with Gasteiger partial charge in [0.25, 0.3) is 0 Å². The van der Waals surface area contributed by atoms with Crippen molar-refractivity contribution in [3.63, 3.8) is 0 Å². The predicted molar refractivity (Wildman–Crippen MR) is 113 cm³/mol. The van der Waals surface area contributed by atoms with Crippen LogP contribution in [-0.2, 0) is 17.1 Å². The minimum atomic E-state index is -4.36. The Labute approximate surface area is 176 Å². The minimum Gasteiger partial charge on any atom is -0.457 e. The fraction of sp³-hybridized carbons (Fsp3) is 0.0400. The normalized spacial score (nSPS) is 11.5. The second kappa shape index (κ2) is 8.67. The molecule has 0 spiro atoms. The molecule has 30 heavy (non-hydrogen) atoms. The zero-order valence-electron chi connectivity index (χ0n) is 15.8. The average molecular weight is 423 g/mol. The Hall–Kier alpha value is -3.18. The van der Waals surface area contributed by atoms with Gasteiger partial charge in [-0.1, -0.05) is 36.4 Å². The first-order valence-corrected chi connectivity index (χ1v) is 10.5. The van der Waals surface area contributed by atoms with E-state index >= 15 is 0 Å². The smallest absolute Gasteiger partial charge is 0.416 e. The highest BCUT2D eigenvalue weighted by atomic mass is 32.2. The van der Waals surface area contributed by atoms with Gasteiger partial charge >= 0.3 is 6.18 Å². The monoisotopic (exact) mass is 423 g/mol. The van der Waals surface area contributed by atoms with Crippen LogP contribution >= 0.6 is 0 Å². The van der Waals surface area contributed by atoms with Crippen LogP contribution in [0.15, 0.2) is 124 Å². The molecular weight excluding hydrogens is 405 g/mol. The number of alkyl halides is 3. The first-order valence-electron chi connectivity index (χ1n) is 9.30. The molecule has 0 saturated heterocycles. The molecule has 0 aliphatic carbocycles. The lowest BCUT2D eigenvalue weighted by Gasteiger charge is -2.10. The Morgan fingerprint density at radius 1 is 0.500 bits per heavy atom. The summed E-state index contributed by atoms with van der Waals surface area (Å²) >= 11 is 0. The van der Waals surface area contributed by atoms with Crippen molar-refractivity contribution in [3.05, 3.63) is 115 Å². The quantitative estimate of drug-likeness (QED) is 0.300. The van der Waals surface area contributed by atoms with Gasteiger partial charge in [-0.15, -0.1) is 0 Å². The van der Waals surface area contributed by atoms with Gasteiger partial charge in [0.05, 0.1) is 16.5 Å². The lowest BCUT2D eigenvalue weighted by atomic mass is 10.2. The van der Waals surface area contributed by atoms with Crippen LogP contribution in [0.25, 0.3) is 0 Å². The van der Waals surface area contributed by atoms with Crippen molar-refractivity contribution in [2.24, 2.45) is 0 Å². The number of hydrogen-bond acceptors (Lipinski definition) is 1. The van der Waals surface area contributed by atoms with Crippen LogP contribution in [0.5, 0.6) is 11.5 Å². The second-order valence-electron chi connectivity index (χ2n) is 6.53. The molecule has 4 rings (SSSR count). The van der Waals surface area contributed by atoms with E-state index in [9.17, 15) is 13.2 Å². The van der Waals surface area contributed by atoms with Gasteiger partial charge in [-0.25, -0.2) is 0 Å². The van der Waals surface area contributed by atoms with E-state index in [0.717, 1.165) is 17.0 Å². The van der Waals surface area contributed by atoms with Crippen molar-refractivity contribution >= 4 is 10.9 Å². The summed E-state index contributed by atoms with van der Waals surface area (Å²) in [5, 5.41) is 0. The molecular formula is C25H18F3OS+. The van der Waals surface area contributed by atoms with Crippen LogP contribution in [-0.4, -0.2) is 0 Å². The van der Waals surface area contributed by atoms with Crippen molar-refractivity contribution < 1.29 is 17.9 Å². The fourth-order valence-corrected chi connectivity index (χ4v) is 5.10. The fourth-order valence-electron chi connectivity index (χ4n) is 3.01. The maximum atomic E-state index is 12.7. The van der Waals surface area contributed by atoms with Crippen molar-refractivity contribution in [1.29, 1.82) is 0 Å². The molecule has 0 radical (unpaired) electrons. The molecule has 0 saturated carbocycles. The summed E-state index contributed by atoms with van der Waals surface area (Å²) in [5.74, 6) is 0.934. The molecule has 0 fully saturated rings. The Bertz CT molecular complexity index is 1040. The van der Waals surface area contributed by atoms with Gasteiger partial charge in [0.1, 0.15) is 11.5 Å². The van der Waals surface area contributed by atoms with Crippen LogP contribution in [0.1, 0.15) is 5.56 Å². The highest BCUT2D eigenvalue weighted by molar-refractivity contribution is 7.97. The molecule has 1 nitrogen and oxygen atoms in total. The topological polar surface area (TPSA) is 9.23 Å². The third kappa shape index (κ3) is 4.69. The minimum absolute atomic E-state index is 0.263. The van der Waals surface area contributed by atoms with Gasteiger partial charge in [-0.3, -0.25) is 0 Å². The molecule has 4 aromatic carbocycles. The zero-order valence-corrected chi connectivity index (χ0v) is 16.7. The van der Waals surface area contributed by atoms with Crippen LogP contribution in [0.3, 0.4) is 0 Å². The van der Waals surface area contributed by atoms with Crippen molar-refractivity contribution in [1.82, 2.24) is 0 Å². The van der Waals surface area contributed by atoms with Crippen LogP contribution < -0.4 is 4.74 Å². The second-order valence-corrected chi connectivity index (χ2v) is 8.55. The molecule has 0 N–H and O–H groups in total. The average Bonchev–Trinajstić information content (AvgIpc) is 2.76. The molecule has 0 atom stereocenters. The summed E-state index contributed by atoms with van der Waals surface area (Å²) < 4.78 is 43.8. The summed E-state index contributed by atoms with van der Waals surface area (Å²) in [7, 11) is -0.263. The lowest BCUT2D eigenvalue weighted by Crippen LogP contribution is -2.04. The molecule has 5 heteroatoms. The Morgan fingerprint density at radius 3 is 1.33 bits per heavy atom. The number of rotatable bonds is 5. The molecule has 4 aromatic rings. The summed E-state index contributed by atoms with van der Waals surface area (Å²) in [4.78, 5) is 3.55. The number of ether oxygens (including phenoxy) is 1. The first kappa shape index (κ1) is 20.1. The first-order chi connectivity index (χ1) is 14.5. The van der Waals surface area contributed by atoms with Crippen molar-refractivity contribution in [2.45, 2.75) is 20.9 Å². The largest absolute Gasteiger partial charge is 0.457 e. The summed E-state index contributed by atoms with van der Waals surface area (Å²) in [6, 6.07) is 33.0. The van der Waals surface area contributed by atoms with Gasteiger partial charge in [0.15, 0.2) is 14.7 Å². The molecule has 0 bridgehead atoms. The van der Waals surface area contributed by atoms with E-state index in [1.807, 2.05) is 60.7 Å². The highest BCUT2D eigenvalue weighted by Gasteiger charge is 2.30. The molecule has 0 amide bonds. The maximum Gasteiger partial charge on any atom is 0.416 e. The van der Waals surface area contributed by atoms with E-state index in [-0.39, 0.29) is 10.9 Å². The van der Waals surface area contributed by atoms with E-state index in [4.69, 9.17) is 4.74 Å². The molecule has 0 aliphatic rings. The van der Waals surface area contributed by atoms with Crippen molar-refractivity contribution in [3.8, 4) is 11.5 Å². The van der Waals surface area contributed by atoms with E-state index < -0.39 is 11.7 Å². The standard InChI is InChI=1S/C25H18F3OS/c26-25(27,28)19-11-13-20(14-12-19)29-21-15-17-24(18-16-21)30(22-7-3-1-4-8-22)23-9-5-2-6-10-23/h1-18H/q+1. The number of halogens is 3. The Morgan fingerprint density at radius 2 is 0.900 bits per heavy atom. The van der Waals surface area contributed by atoms with E-state index in [1.54, 1.807) is 0 Å². The van der Waals surface area contributed by atoms with E-state index in [1.165, 1.54) is 21.9 Å². The van der Waals surface area contributed by atoms with Crippen molar-refractivity contribution in [2.75, 3.05) is 0 Å². The predicted octanol–water partition coefficient (Wildman–Crippen LogP) is 7.59. The number of hydrogen-bond donors (Lipinski definition) is 0. The molecule has 0 unspecified atom stereocenters. The van der Waals surface area contributed by atoms with Gasteiger partial charge in [-0.05, 0) is 72.8 Å². The third-order valence-corrected chi connectivity index (χ3v) is 6.67. The Balaban J connectivity index is 1.58. The lowest BCUT2D eigenvalue weighted by molar-refractivity contribution is -0.137. The van der Waals surface area contributed by atoms with Gasteiger partial charge in [0, 0.05) is 0 Å². The van der Waals surface area contributed by atoms with Crippen LogP contribution in [0.4, 0.5) is 13.2 Å². The third-order valence-electron chi connectivity index (χ3n) is 4.43. The summed E-state index contributed by atoms with van der Waals surface area (Å²) in [5.41, 5.74) is -0.694. The van der Waals surface area contributed by atoms with E-state index in [2.05, 4.69) is 24.3 Å². The maximum absolute atomic E-state index is 12.7. The summed E-state index contributed by atoms with van der Waals surface area (Å²) in [6.07, 6.45) is -4.36. The molecule has 0 aromatic heterocycles. The zero-order chi connectivity index (χ0) is 21.0. The Kier molecular flexibility index (Phi) is 5.81.